The number of hydrogen-bond acceptors (Lipinski definition) is 4. The zero-order valence-corrected chi connectivity index (χ0v) is 16.5. The zero-order valence-electron chi connectivity index (χ0n) is 16.5. The first-order chi connectivity index (χ1) is 13.3. The van der Waals surface area contributed by atoms with E-state index in [1.54, 1.807) is 0 Å². The van der Waals surface area contributed by atoms with E-state index in [4.69, 9.17) is 4.74 Å². The Hall–Kier alpha value is -3.15. The summed E-state index contributed by atoms with van der Waals surface area (Å²) in [4.78, 5) is 35.6. The van der Waals surface area contributed by atoms with Crippen molar-refractivity contribution in [1.29, 1.82) is 0 Å². The first-order valence-electron chi connectivity index (χ1n) is 9.23. The molecule has 2 rings (SSSR count). The quantitative estimate of drug-likeness (QED) is 0.678. The van der Waals surface area contributed by atoms with Crippen LogP contribution >= 0.6 is 0 Å². The maximum absolute atomic E-state index is 11.9. The lowest BCUT2D eigenvalue weighted by Crippen LogP contribution is -2.21. The first-order valence-corrected chi connectivity index (χ1v) is 9.23. The summed E-state index contributed by atoms with van der Waals surface area (Å²) in [6, 6.07) is 13.2. The number of anilines is 2. The van der Waals surface area contributed by atoms with Gasteiger partial charge < -0.3 is 15.4 Å². The number of carbonyl (C=O) groups is 3. The maximum atomic E-state index is 11.9. The van der Waals surface area contributed by atoms with Gasteiger partial charge >= 0.3 is 5.97 Å². The molecule has 28 heavy (non-hydrogen) atoms. The van der Waals surface area contributed by atoms with Crippen LogP contribution in [0.4, 0.5) is 11.4 Å². The minimum Gasteiger partial charge on any atom is -0.456 e. The van der Waals surface area contributed by atoms with Crippen LogP contribution in [0.5, 0.6) is 0 Å². The number of para-hydroxylation sites is 1. The third-order valence-corrected chi connectivity index (χ3v) is 4.22. The van der Waals surface area contributed by atoms with Crippen molar-refractivity contribution in [3.8, 4) is 0 Å². The zero-order chi connectivity index (χ0) is 20.5. The predicted molar refractivity (Wildman–Crippen MR) is 109 cm³/mol. The molecule has 0 bridgehead atoms. The second-order valence-electron chi connectivity index (χ2n) is 6.74. The Kier molecular flexibility index (Phi) is 7.75. The van der Waals surface area contributed by atoms with E-state index >= 15 is 0 Å². The molecule has 0 radical (unpaired) electrons. The van der Waals surface area contributed by atoms with Crippen LogP contribution in [0.25, 0.3) is 0 Å². The van der Waals surface area contributed by atoms with Crippen molar-refractivity contribution in [2.45, 2.75) is 40.0 Å². The highest BCUT2D eigenvalue weighted by atomic mass is 16.5. The molecule has 0 aromatic heterocycles. The van der Waals surface area contributed by atoms with Gasteiger partial charge in [0, 0.05) is 24.2 Å². The summed E-state index contributed by atoms with van der Waals surface area (Å²) in [6.45, 7) is 5.44. The number of benzene rings is 2. The maximum Gasteiger partial charge on any atom is 0.306 e. The number of rotatable bonds is 8. The van der Waals surface area contributed by atoms with Crippen LogP contribution in [0.1, 0.15) is 36.0 Å². The van der Waals surface area contributed by atoms with E-state index in [1.807, 2.05) is 63.2 Å². The summed E-state index contributed by atoms with van der Waals surface area (Å²) in [5.41, 5.74) is 4.48. The van der Waals surface area contributed by atoms with Gasteiger partial charge in [0.25, 0.3) is 5.91 Å². The van der Waals surface area contributed by atoms with Gasteiger partial charge in [-0.2, -0.15) is 0 Å². The SMILES string of the molecule is Cc1ccc(NC(=O)COC(=O)CCCC(=O)Nc2ccccc2C)c(C)c1. The molecule has 0 aliphatic heterocycles. The van der Waals surface area contributed by atoms with Gasteiger partial charge in [-0.25, -0.2) is 0 Å². The van der Waals surface area contributed by atoms with Crippen LogP contribution in [0, 0.1) is 20.8 Å². The molecule has 2 aromatic carbocycles. The van der Waals surface area contributed by atoms with Crippen molar-refractivity contribution in [3.05, 3.63) is 59.2 Å². The van der Waals surface area contributed by atoms with Crippen LogP contribution in [0.15, 0.2) is 42.5 Å². The fourth-order valence-corrected chi connectivity index (χ4v) is 2.68. The average Bonchev–Trinajstić information content (AvgIpc) is 2.64. The molecule has 6 heteroatoms. The van der Waals surface area contributed by atoms with E-state index in [-0.39, 0.29) is 25.4 Å². The molecule has 2 aromatic rings. The van der Waals surface area contributed by atoms with Crippen molar-refractivity contribution in [2.24, 2.45) is 0 Å². The van der Waals surface area contributed by atoms with E-state index in [2.05, 4.69) is 10.6 Å². The standard InChI is InChI=1S/C22H26N2O4/c1-15-11-12-19(17(3)13-15)24-21(26)14-28-22(27)10-6-9-20(25)23-18-8-5-4-7-16(18)2/h4-5,7-8,11-13H,6,9-10,14H2,1-3H3,(H,23,25)(H,24,26). The van der Waals surface area contributed by atoms with Crippen molar-refractivity contribution in [1.82, 2.24) is 0 Å². The van der Waals surface area contributed by atoms with Gasteiger partial charge in [0.05, 0.1) is 0 Å². The van der Waals surface area contributed by atoms with Crippen molar-refractivity contribution < 1.29 is 19.1 Å². The summed E-state index contributed by atoms with van der Waals surface area (Å²) < 4.78 is 4.98. The molecule has 0 spiro atoms. The number of nitrogens with one attached hydrogen (secondary N) is 2. The molecule has 0 heterocycles. The molecule has 0 unspecified atom stereocenters. The molecule has 0 saturated carbocycles. The number of aryl methyl sites for hydroxylation is 3. The van der Waals surface area contributed by atoms with E-state index < -0.39 is 11.9 Å². The molecule has 2 N–H and O–H groups in total. The van der Waals surface area contributed by atoms with Crippen LogP contribution in [0.3, 0.4) is 0 Å². The average molecular weight is 382 g/mol. The molecule has 2 amide bonds. The van der Waals surface area contributed by atoms with Gasteiger partial charge in [-0.1, -0.05) is 35.9 Å². The Morgan fingerprint density at radius 2 is 1.50 bits per heavy atom. The highest BCUT2D eigenvalue weighted by Gasteiger charge is 2.11. The van der Waals surface area contributed by atoms with Crippen molar-refractivity contribution in [2.75, 3.05) is 17.2 Å². The molecular formula is C22H26N2O4. The van der Waals surface area contributed by atoms with E-state index in [0.717, 1.165) is 22.4 Å². The summed E-state index contributed by atoms with van der Waals surface area (Å²) >= 11 is 0. The topological polar surface area (TPSA) is 84.5 Å². The molecule has 0 atom stereocenters. The van der Waals surface area contributed by atoms with Gasteiger partial charge in [0.15, 0.2) is 6.61 Å². The largest absolute Gasteiger partial charge is 0.456 e. The number of carbonyl (C=O) groups excluding carboxylic acids is 3. The molecule has 0 saturated heterocycles. The summed E-state index contributed by atoms with van der Waals surface area (Å²) in [6.07, 6.45) is 0.644. The summed E-state index contributed by atoms with van der Waals surface area (Å²) in [5, 5.41) is 5.53. The van der Waals surface area contributed by atoms with Gasteiger partial charge in [0.2, 0.25) is 5.91 Å². The minimum absolute atomic E-state index is 0.0814. The van der Waals surface area contributed by atoms with Crippen LogP contribution in [0.2, 0.25) is 0 Å². The third-order valence-electron chi connectivity index (χ3n) is 4.22. The monoisotopic (exact) mass is 382 g/mol. The minimum atomic E-state index is -0.500. The highest BCUT2D eigenvalue weighted by molar-refractivity contribution is 5.93. The lowest BCUT2D eigenvalue weighted by molar-refractivity contribution is -0.147. The Balaban J connectivity index is 1.66. The number of hydrogen-bond donors (Lipinski definition) is 2. The van der Waals surface area contributed by atoms with E-state index in [1.165, 1.54) is 0 Å². The van der Waals surface area contributed by atoms with Crippen LogP contribution in [-0.4, -0.2) is 24.4 Å². The van der Waals surface area contributed by atoms with Crippen molar-refractivity contribution in [3.63, 3.8) is 0 Å². The van der Waals surface area contributed by atoms with E-state index in [9.17, 15) is 14.4 Å². The Bertz CT molecular complexity index is 861. The fraction of sp³-hybridized carbons (Fsp3) is 0.318. The Morgan fingerprint density at radius 3 is 2.21 bits per heavy atom. The molecule has 6 nitrogen and oxygen atoms in total. The van der Waals surface area contributed by atoms with Crippen molar-refractivity contribution >= 4 is 29.2 Å². The fourth-order valence-electron chi connectivity index (χ4n) is 2.68. The van der Waals surface area contributed by atoms with Crippen LogP contribution in [-0.2, 0) is 19.1 Å². The number of amides is 2. The molecule has 0 fully saturated rings. The molecular weight excluding hydrogens is 356 g/mol. The van der Waals surface area contributed by atoms with Gasteiger partial charge in [-0.3, -0.25) is 14.4 Å². The molecule has 148 valence electrons. The van der Waals surface area contributed by atoms with E-state index in [0.29, 0.717) is 12.1 Å². The highest BCUT2D eigenvalue weighted by Crippen LogP contribution is 2.16. The second-order valence-corrected chi connectivity index (χ2v) is 6.74. The third kappa shape index (κ3) is 6.87. The number of esters is 1. The Morgan fingerprint density at radius 1 is 0.821 bits per heavy atom. The number of ether oxygens (including phenoxy) is 1. The normalized spacial score (nSPS) is 10.2. The van der Waals surface area contributed by atoms with Gasteiger partial charge in [0.1, 0.15) is 0 Å². The first kappa shape index (κ1) is 21.2. The summed E-state index contributed by atoms with van der Waals surface area (Å²) in [5.74, 6) is -1.05. The van der Waals surface area contributed by atoms with Crippen LogP contribution < -0.4 is 10.6 Å². The molecule has 0 aliphatic carbocycles. The lowest BCUT2D eigenvalue weighted by atomic mass is 10.1. The Labute approximate surface area is 165 Å². The smallest absolute Gasteiger partial charge is 0.306 e. The predicted octanol–water partition coefficient (Wildman–Crippen LogP) is 3.90. The van der Waals surface area contributed by atoms with Gasteiger partial charge in [-0.15, -0.1) is 0 Å². The van der Waals surface area contributed by atoms with Gasteiger partial charge in [-0.05, 0) is 50.5 Å². The second kappa shape index (κ2) is 10.3. The lowest BCUT2D eigenvalue weighted by Gasteiger charge is -2.10. The summed E-state index contributed by atoms with van der Waals surface area (Å²) in [7, 11) is 0. The molecule has 0 aliphatic rings.